The number of aryl methyl sites for hydroxylation is 1. The van der Waals surface area contributed by atoms with E-state index in [1.165, 1.54) is 26.1 Å². The van der Waals surface area contributed by atoms with E-state index in [9.17, 15) is 18.0 Å². The van der Waals surface area contributed by atoms with Gasteiger partial charge in [-0.25, -0.2) is 17.9 Å². The van der Waals surface area contributed by atoms with Crippen LogP contribution in [-0.2, 0) is 14.8 Å². The van der Waals surface area contributed by atoms with Crippen molar-refractivity contribution < 1.29 is 22.7 Å². The van der Waals surface area contributed by atoms with Crippen molar-refractivity contribution in [3.8, 4) is 0 Å². The van der Waals surface area contributed by atoms with Gasteiger partial charge in [-0.3, -0.25) is 4.79 Å². The molecule has 0 aliphatic rings. The van der Waals surface area contributed by atoms with Crippen molar-refractivity contribution in [3.05, 3.63) is 64.2 Å². The van der Waals surface area contributed by atoms with Crippen LogP contribution in [0.5, 0.6) is 0 Å². The minimum Gasteiger partial charge on any atom is -0.451 e. The van der Waals surface area contributed by atoms with Gasteiger partial charge in [-0.05, 0) is 39.1 Å². The second-order valence-electron chi connectivity index (χ2n) is 5.63. The van der Waals surface area contributed by atoms with Crippen LogP contribution in [0, 0.1) is 6.92 Å². The van der Waals surface area contributed by atoms with Gasteiger partial charge in [-0.1, -0.05) is 41.4 Å². The van der Waals surface area contributed by atoms with Gasteiger partial charge < -0.3 is 4.74 Å². The van der Waals surface area contributed by atoms with E-state index in [4.69, 9.17) is 16.3 Å². The summed E-state index contributed by atoms with van der Waals surface area (Å²) in [5.74, 6) is -1.25. The first-order chi connectivity index (χ1) is 12.2. The highest BCUT2D eigenvalue weighted by atomic mass is 35.5. The molecule has 0 saturated heterocycles. The molecule has 0 saturated carbocycles. The summed E-state index contributed by atoms with van der Waals surface area (Å²) in [5, 5.41) is 0.0278. The Hall–Kier alpha value is -2.22. The second-order valence-corrected chi connectivity index (χ2v) is 7.92. The van der Waals surface area contributed by atoms with E-state index in [0.29, 0.717) is 5.56 Å². The maximum atomic E-state index is 12.4. The Morgan fingerprint density at radius 1 is 1.12 bits per heavy atom. The lowest BCUT2D eigenvalue weighted by atomic mass is 10.1. The van der Waals surface area contributed by atoms with Gasteiger partial charge in [0.15, 0.2) is 6.10 Å². The molecule has 0 fully saturated rings. The Labute approximate surface area is 157 Å². The molecule has 0 spiro atoms. The van der Waals surface area contributed by atoms with Crippen molar-refractivity contribution in [1.82, 2.24) is 4.72 Å². The molecule has 2 aromatic rings. The second kappa shape index (κ2) is 7.99. The number of carbonyl (C=O) groups excluding carboxylic acids is 2. The summed E-state index contributed by atoms with van der Waals surface area (Å²) < 4.78 is 31.1. The molecule has 26 heavy (non-hydrogen) atoms. The summed E-state index contributed by atoms with van der Waals surface area (Å²) >= 11 is 5.98. The molecule has 0 heterocycles. The normalized spacial score (nSPS) is 12.5. The molecule has 0 aromatic heterocycles. The zero-order chi connectivity index (χ0) is 19.5. The minimum absolute atomic E-state index is 0.0278. The fraction of sp³-hybridized carbons (Fsp3) is 0.222. The zero-order valence-electron chi connectivity index (χ0n) is 14.4. The smallest absolute Gasteiger partial charge is 0.340 e. The Kier molecular flexibility index (Phi) is 6.17. The molecule has 6 nitrogen and oxygen atoms in total. The maximum absolute atomic E-state index is 12.4. The third-order valence-electron chi connectivity index (χ3n) is 3.73. The summed E-state index contributed by atoms with van der Waals surface area (Å²) in [4.78, 5) is 24.6. The van der Waals surface area contributed by atoms with E-state index in [2.05, 4.69) is 4.72 Å². The fourth-order valence-electron chi connectivity index (χ4n) is 2.18. The Bertz CT molecular complexity index is 939. The quantitative estimate of drug-likeness (QED) is 0.599. The highest BCUT2D eigenvalue weighted by Gasteiger charge is 2.23. The summed E-state index contributed by atoms with van der Waals surface area (Å²) in [5.41, 5.74) is 1.28. The van der Waals surface area contributed by atoms with Crippen LogP contribution in [0.2, 0.25) is 5.02 Å². The molecule has 0 aliphatic heterocycles. The zero-order valence-corrected chi connectivity index (χ0v) is 16.0. The van der Waals surface area contributed by atoms with Crippen LogP contribution in [0.15, 0.2) is 47.4 Å². The van der Waals surface area contributed by atoms with Crippen molar-refractivity contribution in [1.29, 1.82) is 0 Å². The molecule has 0 radical (unpaired) electrons. The average Bonchev–Trinajstić information content (AvgIpc) is 2.61. The van der Waals surface area contributed by atoms with Crippen molar-refractivity contribution in [2.45, 2.75) is 24.8 Å². The number of esters is 1. The number of nitrogens with one attached hydrogen (secondary N) is 1. The molecule has 1 atom stereocenters. The number of ketones is 1. The third kappa shape index (κ3) is 4.49. The van der Waals surface area contributed by atoms with E-state index in [0.717, 1.165) is 11.6 Å². The monoisotopic (exact) mass is 395 g/mol. The van der Waals surface area contributed by atoms with Crippen LogP contribution in [0.4, 0.5) is 0 Å². The Morgan fingerprint density at radius 3 is 2.31 bits per heavy atom. The van der Waals surface area contributed by atoms with Crippen LogP contribution in [-0.4, -0.2) is 33.3 Å². The number of hydrogen-bond donors (Lipinski definition) is 1. The number of benzene rings is 2. The van der Waals surface area contributed by atoms with Crippen LogP contribution >= 0.6 is 11.6 Å². The molecule has 0 bridgehead atoms. The van der Waals surface area contributed by atoms with Crippen molar-refractivity contribution in [2.24, 2.45) is 0 Å². The van der Waals surface area contributed by atoms with E-state index in [-0.39, 0.29) is 21.3 Å². The first-order valence-electron chi connectivity index (χ1n) is 7.70. The van der Waals surface area contributed by atoms with E-state index < -0.39 is 22.1 Å². The summed E-state index contributed by atoms with van der Waals surface area (Å²) in [6.45, 7) is 3.34. The maximum Gasteiger partial charge on any atom is 0.340 e. The lowest BCUT2D eigenvalue weighted by Crippen LogP contribution is -2.25. The van der Waals surface area contributed by atoms with E-state index >= 15 is 0 Å². The molecule has 2 rings (SSSR count). The van der Waals surface area contributed by atoms with Gasteiger partial charge in [0.25, 0.3) is 0 Å². The lowest BCUT2D eigenvalue weighted by Gasteiger charge is -2.14. The van der Waals surface area contributed by atoms with Gasteiger partial charge in [0.2, 0.25) is 15.8 Å². The SMILES string of the molecule is CNS(=O)(=O)c1ccc(Cl)c(C(=O)O[C@@H](C)C(=O)c2ccc(C)cc2)c1. The molecule has 138 valence electrons. The van der Waals surface area contributed by atoms with E-state index in [1.54, 1.807) is 24.3 Å². The molecule has 0 aliphatic carbocycles. The summed E-state index contributed by atoms with van der Waals surface area (Å²) in [6.07, 6.45) is -1.05. The summed E-state index contributed by atoms with van der Waals surface area (Å²) in [6, 6.07) is 10.5. The number of halogens is 1. The number of rotatable bonds is 6. The van der Waals surface area contributed by atoms with Gasteiger partial charge >= 0.3 is 5.97 Å². The van der Waals surface area contributed by atoms with Crippen molar-refractivity contribution >= 4 is 33.4 Å². The molecular weight excluding hydrogens is 378 g/mol. The Balaban J connectivity index is 2.22. The van der Waals surface area contributed by atoms with Crippen LogP contribution in [0.25, 0.3) is 0 Å². The van der Waals surface area contributed by atoms with Gasteiger partial charge in [0.1, 0.15) is 0 Å². The molecule has 0 unspecified atom stereocenters. The predicted molar refractivity (Wildman–Crippen MR) is 98.1 cm³/mol. The minimum atomic E-state index is -3.75. The number of sulfonamides is 1. The first kappa shape index (κ1) is 20.1. The predicted octanol–water partition coefficient (Wildman–Crippen LogP) is 2.98. The average molecular weight is 396 g/mol. The highest BCUT2D eigenvalue weighted by Crippen LogP contribution is 2.22. The number of hydrogen-bond acceptors (Lipinski definition) is 5. The largest absolute Gasteiger partial charge is 0.451 e. The lowest BCUT2D eigenvalue weighted by molar-refractivity contribution is 0.0318. The standard InChI is InChI=1S/C18H18ClNO5S/c1-11-4-6-13(7-5-11)17(21)12(2)25-18(22)15-10-14(8-9-16(15)19)26(23,24)20-3/h4-10,12,20H,1-3H3/t12-/m0/s1. The van der Waals surface area contributed by atoms with Gasteiger partial charge in [-0.15, -0.1) is 0 Å². The van der Waals surface area contributed by atoms with Crippen molar-refractivity contribution in [2.75, 3.05) is 7.05 Å². The van der Waals surface area contributed by atoms with Crippen molar-refractivity contribution in [3.63, 3.8) is 0 Å². The molecule has 0 amide bonds. The van der Waals surface area contributed by atoms with Gasteiger partial charge in [0, 0.05) is 5.56 Å². The number of Topliss-reactive ketones (excluding diaryl/α,β-unsaturated/α-hetero) is 1. The first-order valence-corrected chi connectivity index (χ1v) is 9.57. The molecular formula is C18H18ClNO5S. The highest BCUT2D eigenvalue weighted by molar-refractivity contribution is 7.89. The molecule has 2 aromatic carbocycles. The topological polar surface area (TPSA) is 89.5 Å². The van der Waals surface area contributed by atoms with Crippen LogP contribution in [0.1, 0.15) is 33.2 Å². The number of ether oxygens (including phenoxy) is 1. The fourth-order valence-corrected chi connectivity index (χ4v) is 3.13. The van der Waals surface area contributed by atoms with Crippen LogP contribution < -0.4 is 4.72 Å². The number of carbonyl (C=O) groups is 2. The summed E-state index contributed by atoms with van der Waals surface area (Å²) in [7, 11) is -2.49. The molecule has 1 N–H and O–H groups in total. The molecule has 8 heteroatoms. The van der Waals surface area contributed by atoms with E-state index in [1.807, 2.05) is 6.92 Å². The van der Waals surface area contributed by atoms with Gasteiger partial charge in [0.05, 0.1) is 15.5 Å². The van der Waals surface area contributed by atoms with Crippen LogP contribution in [0.3, 0.4) is 0 Å². The third-order valence-corrected chi connectivity index (χ3v) is 5.47. The Morgan fingerprint density at radius 2 is 1.73 bits per heavy atom. The van der Waals surface area contributed by atoms with Gasteiger partial charge in [-0.2, -0.15) is 0 Å².